The molecular weight excluding hydrogens is 599 g/mol. The first kappa shape index (κ1) is 29.3. The molecule has 0 atom stereocenters. The van der Waals surface area contributed by atoms with E-state index < -0.39 is 37.1 Å². The molecule has 0 unspecified atom stereocenters. The third kappa shape index (κ3) is 5.60. The molecule has 0 saturated heterocycles. The highest BCUT2D eigenvalue weighted by atomic mass is 19.4. The van der Waals surface area contributed by atoms with Crippen molar-refractivity contribution >= 4 is 11.2 Å². The van der Waals surface area contributed by atoms with Crippen LogP contribution in [-0.4, -0.2) is 51.7 Å². The Kier molecular flexibility index (Phi) is 7.12. The SMILES string of the molecule is Cn1cc(C(F)(F)F)nc1-c1ccc(Cn2c(=N)n(CC(F)(F)F)c3cnc(-c4c(OCF)ncnc4C4CC4)nc32)cc1. The molecule has 1 fully saturated rings. The maximum Gasteiger partial charge on any atom is 0.434 e. The van der Waals surface area contributed by atoms with Crippen molar-refractivity contribution in [2.75, 3.05) is 6.86 Å². The van der Waals surface area contributed by atoms with Gasteiger partial charge in [-0.1, -0.05) is 24.3 Å². The van der Waals surface area contributed by atoms with Crippen molar-refractivity contribution in [3.8, 4) is 28.7 Å². The summed E-state index contributed by atoms with van der Waals surface area (Å²) >= 11 is 0. The van der Waals surface area contributed by atoms with Crippen LogP contribution in [-0.2, 0) is 26.3 Å². The van der Waals surface area contributed by atoms with Gasteiger partial charge >= 0.3 is 12.4 Å². The maximum atomic E-state index is 13.5. The first-order valence-corrected chi connectivity index (χ1v) is 13.2. The van der Waals surface area contributed by atoms with E-state index in [1.54, 1.807) is 12.1 Å². The highest BCUT2D eigenvalue weighted by molar-refractivity contribution is 5.76. The molecule has 0 amide bonds. The van der Waals surface area contributed by atoms with Gasteiger partial charge in [-0.3, -0.25) is 14.5 Å². The first-order chi connectivity index (χ1) is 20.8. The molecule has 4 heterocycles. The van der Waals surface area contributed by atoms with Gasteiger partial charge in [-0.25, -0.2) is 29.3 Å². The molecule has 1 aromatic carbocycles. The van der Waals surface area contributed by atoms with E-state index in [2.05, 4.69) is 24.9 Å². The van der Waals surface area contributed by atoms with Crippen LogP contribution in [0.15, 0.2) is 43.0 Å². The number of hydrogen-bond donors (Lipinski definition) is 1. The summed E-state index contributed by atoms with van der Waals surface area (Å²) in [6.07, 6.45) is -4.41. The summed E-state index contributed by atoms with van der Waals surface area (Å²) in [5.41, 5.74) is -0.00499. The van der Waals surface area contributed by atoms with E-state index >= 15 is 0 Å². The van der Waals surface area contributed by atoms with Crippen LogP contribution in [0.2, 0.25) is 0 Å². The Balaban J connectivity index is 1.43. The van der Waals surface area contributed by atoms with Crippen LogP contribution < -0.4 is 10.4 Å². The molecule has 1 aliphatic carbocycles. The lowest BCUT2D eigenvalue weighted by molar-refractivity contribution is -0.141. The number of aryl methyl sites for hydroxylation is 1. The Morgan fingerprint density at radius 1 is 0.977 bits per heavy atom. The molecule has 1 saturated carbocycles. The highest BCUT2D eigenvalue weighted by Gasteiger charge is 2.35. The Morgan fingerprint density at radius 3 is 2.32 bits per heavy atom. The second-order valence-corrected chi connectivity index (χ2v) is 10.2. The van der Waals surface area contributed by atoms with Crippen molar-refractivity contribution < 1.29 is 35.5 Å². The van der Waals surface area contributed by atoms with Crippen molar-refractivity contribution in [2.45, 2.75) is 44.2 Å². The van der Waals surface area contributed by atoms with E-state index in [0.717, 1.165) is 29.8 Å². The van der Waals surface area contributed by atoms with Gasteiger partial charge < -0.3 is 9.30 Å². The number of fused-ring (bicyclic) bond motifs is 1. The van der Waals surface area contributed by atoms with Gasteiger partial charge in [0, 0.05) is 24.7 Å². The van der Waals surface area contributed by atoms with E-state index in [1.165, 1.54) is 34.6 Å². The van der Waals surface area contributed by atoms with E-state index in [-0.39, 0.29) is 46.7 Å². The third-order valence-corrected chi connectivity index (χ3v) is 7.09. The number of benzene rings is 1. The summed E-state index contributed by atoms with van der Waals surface area (Å²) in [5, 5.41) is 8.61. The quantitative estimate of drug-likeness (QED) is 0.233. The Hall–Kier alpha value is -4.83. The lowest BCUT2D eigenvalue weighted by atomic mass is 10.1. The highest BCUT2D eigenvalue weighted by Crippen LogP contribution is 2.45. The van der Waals surface area contributed by atoms with E-state index in [4.69, 9.17) is 10.1 Å². The van der Waals surface area contributed by atoms with Gasteiger partial charge in [0.1, 0.15) is 29.8 Å². The maximum absolute atomic E-state index is 13.5. The predicted octanol–water partition coefficient (Wildman–Crippen LogP) is 5.38. The zero-order valence-corrected chi connectivity index (χ0v) is 22.8. The standard InChI is InChI=1S/C27H22F7N9O/c1-41-10-18(27(32,33)34)39-22(41)16-4-2-14(3-5-16)9-42-23-17(43(25(42)35)11-26(29,30)31)8-36-21(40-23)19-20(15-6-7-15)37-13-38-24(19)44-12-28/h2-5,8,10,13,15,35H,6-7,9,11-12H2,1H3. The summed E-state index contributed by atoms with van der Waals surface area (Å²) in [6, 6.07) is 6.20. The van der Waals surface area contributed by atoms with Gasteiger partial charge in [-0.2, -0.15) is 26.3 Å². The zero-order valence-electron chi connectivity index (χ0n) is 22.8. The normalized spacial score (nSPS) is 14.0. The minimum atomic E-state index is -4.66. The molecule has 44 heavy (non-hydrogen) atoms. The van der Waals surface area contributed by atoms with Crippen molar-refractivity contribution in [3.05, 3.63) is 65.6 Å². The molecule has 1 aliphatic rings. The number of rotatable bonds is 8. The van der Waals surface area contributed by atoms with Gasteiger partial charge in [0.05, 0.1) is 18.4 Å². The fourth-order valence-electron chi connectivity index (χ4n) is 4.96. The van der Waals surface area contributed by atoms with Crippen LogP contribution in [0.5, 0.6) is 5.88 Å². The summed E-state index contributed by atoms with van der Waals surface area (Å²) < 4.78 is 101. The van der Waals surface area contributed by atoms with Crippen molar-refractivity contribution in [3.63, 3.8) is 0 Å². The summed E-state index contributed by atoms with van der Waals surface area (Å²) in [5.74, 6) is -0.0197. The topological polar surface area (TPSA) is 112 Å². The van der Waals surface area contributed by atoms with Crippen LogP contribution in [0.3, 0.4) is 0 Å². The molecule has 0 bridgehead atoms. The number of alkyl halides is 7. The lowest BCUT2D eigenvalue weighted by Gasteiger charge is -2.11. The Bertz CT molecular complexity index is 1900. The van der Waals surface area contributed by atoms with Crippen LogP contribution in [0.4, 0.5) is 30.7 Å². The van der Waals surface area contributed by atoms with Gasteiger partial charge in [0.2, 0.25) is 18.4 Å². The van der Waals surface area contributed by atoms with E-state index in [9.17, 15) is 30.7 Å². The summed E-state index contributed by atoms with van der Waals surface area (Å²) in [7, 11) is 1.43. The van der Waals surface area contributed by atoms with Crippen LogP contribution in [0.1, 0.15) is 35.7 Å². The van der Waals surface area contributed by atoms with Crippen molar-refractivity contribution in [2.24, 2.45) is 7.05 Å². The fourth-order valence-corrected chi connectivity index (χ4v) is 4.96. The number of nitrogens with zero attached hydrogens (tertiary/aromatic N) is 8. The molecule has 4 aromatic heterocycles. The monoisotopic (exact) mass is 621 g/mol. The molecule has 5 aromatic rings. The molecule has 10 nitrogen and oxygen atoms in total. The average molecular weight is 622 g/mol. The zero-order chi connectivity index (χ0) is 31.4. The van der Waals surface area contributed by atoms with E-state index in [1.807, 2.05) is 0 Å². The lowest BCUT2D eigenvalue weighted by Crippen LogP contribution is -2.30. The van der Waals surface area contributed by atoms with Gasteiger partial charge in [-0.15, -0.1) is 0 Å². The number of halogens is 7. The average Bonchev–Trinajstić information content (AvgIpc) is 3.69. The molecule has 17 heteroatoms. The van der Waals surface area contributed by atoms with E-state index in [0.29, 0.717) is 16.8 Å². The van der Waals surface area contributed by atoms with Crippen LogP contribution in [0, 0.1) is 5.41 Å². The number of nitrogens with one attached hydrogen (secondary N) is 1. The van der Waals surface area contributed by atoms with Crippen LogP contribution in [0.25, 0.3) is 33.9 Å². The van der Waals surface area contributed by atoms with Crippen molar-refractivity contribution in [1.82, 2.24) is 38.6 Å². The van der Waals surface area contributed by atoms with Crippen molar-refractivity contribution in [1.29, 1.82) is 5.41 Å². The second kappa shape index (κ2) is 10.7. The molecule has 6 rings (SSSR count). The largest absolute Gasteiger partial charge is 0.445 e. The molecule has 1 N–H and O–H groups in total. The van der Waals surface area contributed by atoms with Gasteiger partial charge in [-0.05, 0) is 18.4 Å². The molecular formula is C27H22F7N9O. The number of aromatic nitrogens is 8. The number of hydrogen-bond acceptors (Lipinski definition) is 7. The number of imidazole rings is 2. The summed E-state index contributed by atoms with van der Waals surface area (Å²) in [4.78, 5) is 20.7. The minimum Gasteiger partial charge on any atom is -0.445 e. The number of ether oxygens (including phenoxy) is 1. The predicted molar refractivity (Wildman–Crippen MR) is 140 cm³/mol. The smallest absolute Gasteiger partial charge is 0.434 e. The second-order valence-electron chi connectivity index (χ2n) is 10.2. The Morgan fingerprint density at radius 2 is 1.70 bits per heavy atom. The van der Waals surface area contributed by atoms with Crippen LogP contribution >= 0.6 is 0 Å². The Labute approximate surface area is 243 Å². The third-order valence-electron chi connectivity index (χ3n) is 7.09. The first-order valence-electron chi connectivity index (χ1n) is 13.2. The summed E-state index contributed by atoms with van der Waals surface area (Å²) in [6.45, 7) is -2.78. The minimum absolute atomic E-state index is 0.00745. The fraction of sp³-hybridized carbons (Fsp3) is 0.333. The van der Waals surface area contributed by atoms with Gasteiger partial charge in [0.25, 0.3) is 0 Å². The molecule has 230 valence electrons. The van der Waals surface area contributed by atoms with Gasteiger partial charge in [0.15, 0.2) is 17.2 Å². The molecule has 0 radical (unpaired) electrons. The molecule has 0 spiro atoms. The molecule has 0 aliphatic heterocycles.